The number of anilines is 1. The van der Waals surface area contributed by atoms with Crippen LogP contribution in [0, 0.1) is 12.8 Å². The smallest absolute Gasteiger partial charge is 0.308 e. The molecule has 0 spiro atoms. The lowest BCUT2D eigenvalue weighted by atomic mass is 10.0. The molecule has 1 heterocycles. The molecule has 18 heavy (non-hydrogen) atoms. The molecule has 0 aliphatic rings. The van der Waals surface area contributed by atoms with Crippen LogP contribution in [-0.4, -0.2) is 27.6 Å². The zero-order chi connectivity index (χ0) is 13.5. The standard InChI is InChI=1S/C13H21N3O2/c1-4-6-10(13(17)18)8-14-12-7-11(5-2)15-9(3)16-12/h7,10H,4-6,8H2,1-3H3,(H,17,18)(H,14,15,16). The number of aliphatic carboxylic acids is 1. The molecule has 1 unspecified atom stereocenters. The first-order valence-corrected chi connectivity index (χ1v) is 6.38. The van der Waals surface area contributed by atoms with Crippen molar-refractivity contribution in [3.63, 3.8) is 0 Å². The summed E-state index contributed by atoms with van der Waals surface area (Å²) in [6, 6.07) is 1.87. The molecule has 5 nitrogen and oxygen atoms in total. The van der Waals surface area contributed by atoms with Crippen LogP contribution in [0.2, 0.25) is 0 Å². The van der Waals surface area contributed by atoms with Gasteiger partial charge >= 0.3 is 5.97 Å². The van der Waals surface area contributed by atoms with Crippen molar-refractivity contribution in [3.8, 4) is 0 Å². The number of nitrogens with one attached hydrogen (secondary N) is 1. The molecule has 100 valence electrons. The number of carboxylic acid groups (broad SMARTS) is 1. The van der Waals surface area contributed by atoms with Gasteiger partial charge in [0.05, 0.1) is 5.92 Å². The van der Waals surface area contributed by atoms with Gasteiger partial charge in [0.15, 0.2) is 0 Å². The number of hydrogen-bond acceptors (Lipinski definition) is 4. The average molecular weight is 251 g/mol. The maximum absolute atomic E-state index is 11.0. The summed E-state index contributed by atoms with van der Waals surface area (Å²) in [7, 11) is 0. The normalized spacial score (nSPS) is 12.2. The highest BCUT2D eigenvalue weighted by Crippen LogP contribution is 2.11. The molecule has 0 radical (unpaired) electrons. The van der Waals surface area contributed by atoms with Gasteiger partial charge in [-0.05, 0) is 19.8 Å². The SMILES string of the molecule is CCCC(CNc1cc(CC)nc(C)n1)C(=O)O. The van der Waals surface area contributed by atoms with Gasteiger partial charge in [-0.3, -0.25) is 4.79 Å². The number of aryl methyl sites for hydroxylation is 2. The molecule has 2 N–H and O–H groups in total. The largest absolute Gasteiger partial charge is 0.481 e. The molecule has 0 aliphatic heterocycles. The monoisotopic (exact) mass is 251 g/mol. The van der Waals surface area contributed by atoms with Crippen molar-refractivity contribution < 1.29 is 9.90 Å². The van der Waals surface area contributed by atoms with E-state index in [0.717, 1.165) is 18.5 Å². The first-order valence-electron chi connectivity index (χ1n) is 6.38. The summed E-state index contributed by atoms with van der Waals surface area (Å²) in [6.07, 6.45) is 2.38. The lowest BCUT2D eigenvalue weighted by Gasteiger charge is -2.13. The number of rotatable bonds is 7. The molecule has 0 saturated heterocycles. The highest BCUT2D eigenvalue weighted by Gasteiger charge is 2.16. The van der Waals surface area contributed by atoms with Gasteiger partial charge in [-0.2, -0.15) is 0 Å². The van der Waals surface area contributed by atoms with Gasteiger partial charge in [-0.25, -0.2) is 9.97 Å². The van der Waals surface area contributed by atoms with Gasteiger partial charge in [0.2, 0.25) is 0 Å². The highest BCUT2D eigenvalue weighted by molar-refractivity contribution is 5.70. The number of aromatic nitrogens is 2. The fraction of sp³-hybridized carbons (Fsp3) is 0.615. The van der Waals surface area contributed by atoms with Gasteiger partial charge < -0.3 is 10.4 Å². The van der Waals surface area contributed by atoms with Crippen LogP contribution >= 0.6 is 0 Å². The van der Waals surface area contributed by atoms with E-state index in [2.05, 4.69) is 15.3 Å². The van der Waals surface area contributed by atoms with Gasteiger partial charge in [0.1, 0.15) is 11.6 Å². The molecule has 0 bridgehead atoms. The summed E-state index contributed by atoms with van der Waals surface area (Å²) in [5.41, 5.74) is 0.965. The third-order valence-electron chi connectivity index (χ3n) is 2.77. The zero-order valence-electron chi connectivity index (χ0n) is 11.2. The molecule has 0 aromatic carbocycles. The number of carbonyl (C=O) groups is 1. The van der Waals surface area contributed by atoms with Crippen molar-refractivity contribution >= 4 is 11.8 Å². The quantitative estimate of drug-likeness (QED) is 0.777. The second-order valence-electron chi connectivity index (χ2n) is 4.35. The number of carboxylic acids is 1. The number of nitrogens with zero attached hydrogens (tertiary/aromatic N) is 2. The molecule has 0 saturated carbocycles. The fourth-order valence-corrected chi connectivity index (χ4v) is 1.79. The van der Waals surface area contributed by atoms with Crippen LogP contribution < -0.4 is 5.32 Å². The Morgan fingerprint density at radius 3 is 2.72 bits per heavy atom. The van der Waals surface area contributed by atoms with Crippen LogP contribution in [-0.2, 0) is 11.2 Å². The predicted molar refractivity (Wildman–Crippen MR) is 70.7 cm³/mol. The van der Waals surface area contributed by atoms with Crippen LogP contribution in [0.5, 0.6) is 0 Å². The summed E-state index contributed by atoms with van der Waals surface area (Å²) < 4.78 is 0. The van der Waals surface area contributed by atoms with Gasteiger partial charge in [-0.15, -0.1) is 0 Å². The summed E-state index contributed by atoms with van der Waals surface area (Å²) in [6.45, 7) is 6.26. The van der Waals surface area contributed by atoms with Crippen LogP contribution in [0.15, 0.2) is 6.07 Å². The Morgan fingerprint density at radius 2 is 2.17 bits per heavy atom. The molecule has 1 aromatic rings. The Balaban J connectivity index is 2.66. The predicted octanol–water partition coefficient (Wildman–Crippen LogP) is 2.26. The van der Waals surface area contributed by atoms with E-state index in [1.165, 1.54) is 0 Å². The molecule has 1 atom stereocenters. The maximum Gasteiger partial charge on any atom is 0.308 e. The Hall–Kier alpha value is -1.65. The summed E-state index contributed by atoms with van der Waals surface area (Å²) in [5.74, 6) is 0.294. The van der Waals surface area contributed by atoms with Crippen molar-refractivity contribution in [2.24, 2.45) is 5.92 Å². The van der Waals surface area contributed by atoms with E-state index in [1.807, 2.05) is 26.8 Å². The van der Waals surface area contributed by atoms with Crippen LogP contribution in [0.1, 0.15) is 38.2 Å². The summed E-state index contributed by atoms with van der Waals surface area (Å²) >= 11 is 0. The van der Waals surface area contributed by atoms with E-state index in [1.54, 1.807) is 0 Å². The topological polar surface area (TPSA) is 75.1 Å². The van der Waals surface area contributed by atoms with Crippen LogP contribution in [0.25, 0.3) is 0 Å². The Morgan fingerprint density at radius 1 is 1.44 bits per heavy atom. The van der Waals surface area contributed by atoms with Gasteiger partial charge in [0, 0.05) is 18.3 Å². The van der Waals surface area contributed by atoms with Gasteiger partial charge in [-0.1, -0.05) is 20.3 Å². The maximum atomic E-state index is 11.0. The number of hydrogen-bond donors (Lipinski definition) is 2. The third-order valence-corrected chi connectivity index (χ3v) is 2.77. The minimum absolute atomic E-state index is 0.365. The Bertz CT molecular complexity index is 407. The van der Waals surface area contributed by atoms with E-state index in [4.69, 9.17) is 5.11 Å². The first kappa shape index (κ1) is 14.4. The fourth-order valence-electron chi connectivity index (χ4n) is 1.79. The van der Waals surface area contributed by atoms with E-state index in [-0.39, 0.29) is 5.92 Å². The minimum atomic E-state index is -0.758. The van der Waals surface area contributed by atoms with Crippen molar-refractivity contribution in [3.05, 3.63) is 17.6 Å². The van der Waals surface area contributed by atoms with E-state index in [9.17, 15) is 4.79 Å². The highest BCUT2D eigenvalue weighted by atomic mass is 16.4. The minimum Gasteiger partial charge on any atom is -0.481 e. The van der Waals surface area contributed by atoms with Crippen molar-refractivity contribution in [2.75, 3.05) is 11.9 Å². The van der Waals surface area contributed by atoms with E-state index >= 15 is 0 Å². The molecule has 1 aromatic heterocycles. The molecule has 1 rings (SSSR count). The van der Waals surface area contributed by atoms with Crippen molar-refractivity contribution in [1.29, 1.82) is 0 Å². The Labute approximate surface area is 108 Å². The second kappa shape index (κ2) is 6.93. The molecule has 5 heteroatoms. The average Bonchev–Trinajstić information content (AvgIpc) is 2.33. The summed E-state index contributed by atoms with van der Waals surface area (Å²) in [4.78, 5) is 19.6. The third kappa shape index (κ3) is 4.31. The molecule has 0 aliphatic carbocycles. The van der Waals surface area contributed by atoms with Crippen molar-refractivity contribution in [1.82, 2.24) is 9.97 Å². The lowest BCUT2D eigenvalue weighted by molar-refractivity contribution is -0.141. The Kier molecular flexibility index (Phi) is 5.55. The van der Waals surface area contributed by atoms with Crippen LogP contribution in [0.3, 0.4) is 0 Å². The molecule has 0 fully saturated rings. The zero-order valence-corrected chi connectivity index (χ0v) is 11.2. The van der Waals surface area contributed by atoms with Crippen molar-refractivity contribution in [2.45, 2.75) is 40.0 Å². The summed E-state index contributed by atoms with van der Waals surface area (Å²) in [5, 5.41) is 12.2. The van der Waals surface area contributed by atoms with Crippen LogP contribution in [0.4, 0.5) is 5.82 Å². The molecular weight excluding hydrogens is 230 g/mol. The second-order valence-corrected chi connectivity index (χ2v) is 4.35. The lowest BCUT2D eigenvalue weighted by Crippen LogP contribution is -2.23. The van der Waals surface area contributed by atoms with Gasteiger partial charge in [0.25, 0.3) is 0 Å². The molecular formula is C13H21N3O2. The van der Waals surface area contributed by atoms with E-state index < -0.39 is 5.97 Å². The van der Waals surface area contributed by atoms with E-state index in [0.29, 0.717) is 24.6 Å². The molecule has 0 amide bonds. The first-order chi connectivity index (χ1) is 8.56.